The van der Waals surface area contributed by atoms with E-state index in [-0.39, 0.29) is 11.8 Å². The van der Waals surface area contributed by atoms with Crippen LogP contribution in [0.3, 0.4) is 0 Å². The summed E-state index contributed by atoms with van der Waals surface area (Å²) in [6, 6.07) is 8.00. The summed E-state index contributed by atoms with van der Waals surface area (Å²) in [5.74, 6) is 0.269. The van der Waals surface area contributed by atoms with Crippen LogP contribution in [-0.4, -0.2) is 17.6 Å². The number of aliphatic hydroxyl groups excluding tert-OH is 1. The smallest absolute Gasteiger partial charge is 0.223 e. The Kier molecular flexibility index (Phi) is 3.06. The van der Waals surface area contributed by atoms with Crippen molar-refractivity contribution in [2.24, 2.45) is 5.92 Å². The van der Waals surface area contributed by atoms with Gasteiger partial charge in [0.25, 0.3) is 0 Å². The molecule has 0 unspecified atom stereocenters. The molecule has 1 saturated carbocycles. The monoisotopic (exact) mass is 261 g/mol. The minimum atomic E-state index is -0.621. The molecule has 0 radical (unpaired) electrons. The molecule has 3 rings (SSSR count). The number of fused-ring (bicyclic) bond motifs is 1. The third kappa shape index (κ3) is 2.26. The van der Waals surface area contributed by atoms with Crippen molar-refractivity contribution in [1.29, 1.82) is 0 Å². The quantitative estimate of drug-likeness (QED) is 0.888. The Morgan fingerprint density at radius 3 is 3.00 bits per heavy atom. The van der Waals surface area contributed by atoms with Crippen molar-refractivity contribution in [2.45, 2.75) is 18.9 Å². The lowest BCUT2D eigenvalue weighted by atomic mass is 10.1. The van der Waals surface area contributed by atoms with Crippen LogP contribution in [0.1, 0.15) is 24.5 Å². The maximum atomic E-state index is 11.5. The molecule has 4 heteroatoms. The molecule has 1 aliphatic carbocycles. The van der Waals surface area contributed by atoms with Gasteiger partial charge in [-0.25, -0.2) is 0 Å². The van der Waals surface area contributed by atoms with Crippen LogP contribution in [0.25, 0.3) is 10.1 Å². The molecule has 0 spiro atoms. The van der Waals surface area contributed by atoms with Crippen LogP contribution in [-0.2, 0) is 4.79 Å². The fourth-order valence-electron chi connectivity index (χ4n) is 2.05. The average molecular weight is 261 g/mol. The van der Waals surface area contributed by atoms with Crippen LogP contribution in [0.5, 0.6) is 0 Å². The summed E-state index contributed by atoms with van der Waals surface area (Å²) >= 11 is 1.62. The number of carbonyl (C=O) groups is 1. The lowest BCUT2D eigenvalue weighted by Crippen LogP contribution is -2.29. The third-order valence-electron chi connectivity index (χ3n) is 3.29. The van der Waals surface area contributed by atoms with E-state index in [2.05, 4.69) is 5.32 Å². The Bertz CT molecular complexity index is 574. The van der Waals surface area contributed by atoms with Crippen molar-refractivity contribution >= 4 is 27.3 Å². The molecule has 0 aliphatic heterocycles. The zero-order valence-corrected chi connectivity index (χ0v) is 10.7. The predicted molar refractivity (Wildman–Crippen MR) is 72.5 cm³/mol. The number of rotatable bonds is 4. The first-order chi connectivity index (χ1) is 8.75. The van der Waals surface area contributed by atoms with Crippen molar-refractivity contribution in [2.75, 3.05) is 6.54 Å². The zero-order valence-electron chi connectivity index (χ0n) is 9.93. The van der Waals surface area contributed by atoms with E-state index in [1.54, 1.807) is 11.3 Å². The Hall–Kier alpha value is -1.39. The van der Waals surface area contributed by atoms with Gasteiger partial charge in [0, 0.05) is 22.7 Å². The third-order valence-corrected chi connectivity index (χ3v) is 4.27. The van der Waals surface area contributed by atoms with Gasteiger partial charge in [0.2, 0.25) is 5.91 Å². The fraction of sp³-hybridized carbons (Fsp3) is 0.357. The molecule has 1 aromatic carbocycles. The van der Waals surface area contributed by atoms with E-state index in [1.165, 1.54) is 4.70 Å². The van der Waals surface area contributed by atoms with E-state index >= 15 is 0 Å². The Balaban J connectivity index is 1.71. The van der Waals surface area contributed by atoms with Crippen molar-refractivity contribution in [3.63, 3.8) is 0 Å². The van der Waals surface area contributed by atoms with Crippen LogP contribution < -0.4 is 5.32 Å². The van der Waals surface area contributed by atoms with Gasteiger partial charge < -0.3 is 10.4 Å². The zero-order chi connectivity index (χ0) is 12.5. The largest absolute Gasteiger partial charge is 0.387 e. The molecule has 1 amide bonds. The number of aliphatic hydroxyl groups is 1. The van der Waals surface area contributed by atoms with Crippen LogP contribution in [0.15, 0.2) is 29.6 Å². The molecule has 1 atom stereocenters. The summed E-state index contributed by atoms with van der Waals surface area (Å²) in [6.07, 6.45) is 1.36. The first-order valence-electron chi connectivity index (χ1n) is 6.17. The molecular weight excluding hydrogens is 246 g/mol. The van der Waals surface area contributed by atoms with E-state index in [0.717, 1.165) is 23.8 Å². The van der Waals surface area contributed by atoms with E-state index in [1.807, 2.05) is 29.6 Å². The molecule has 1 aromatic heterocycles. The molecule has 0 bridgehead atoms. The lowest BCUT2D eigenvalue weighted by molar-refractivity contribution is -0.122. The second-order valence-corrected chi connectivity index (χ2v) is 5.63. The highest BCUT2D eigenvalue weighted by atomic mass is 32.1. The summed E-state index contributed by atoms with van der Waals surface area (Å²) in [5, 5.41) is 16.0. The summed E-state index contributed by atoms with van der Waals surface area (Å²) in [7, 11) is 0. The van der Waals surface area contributed by atoms with Gasteiger partial charge in [-0.2, -0.15) is 0 Å². The maximum absolute atomic E-state index is 11.5. The Morgan fingerprint density at radius 1 is 1.44 bits per heavy atom. The van der Waals surface area contributed by atoms with E-state index < -0.39 is 6.10 Å². The van der Waals surface area contributed by atoms with Crippen molar-refractivity contribution < 1.29 is 9.90 Å². The molecule has 94 valence electrons. The van der Waals surface area contributed by atoms with E-state index in [4.69, 9.17) is 0 Å². The van der Waals surface area contributed by atoms with Crippen LogP contribution in [0.2, 0.25) is 0 Å². The van der Waals surface area contributed by atoms with Crippen molar-refractivity contribution in [3.05, 3.63) is 35.2 Å². The second kappa shape index (κ2) is 4.71. The molecule has 2 N–H and O–H groups in total. The van der Waals surface area contributed by atoms with Crippen LogP contribution >= 0.6 is 11.3 Å². The van der Waals surface area contributed by atoms with Gasteiger partial charge in [-0.1, -0.05) is 18.2 Å². The van der Waals surface area contributed by atoms with E-state index in [9.17, 15) is 9.90 Å². The highest BCUT2D eigenvalue weighted by Gasteiger charge is 2.29. The van der Waals surface area contributed by atoms with Crippen molar-refractivity contribution in [1.82, 2.24) is 5.32 Å². The van der Waals surface area contributed by atoms with Gasteiger partial charge in [-0.05, 0) is 29.7 Å². The molecule has 18 heavy (non-hydrogen) atoms. The normalized spacial score (nSPS) is 16.7. The fourth-order valence-corrected chi connectivity index (χ4v) is 3.06. The summed E-state index contributed by atoms with van der Waals surface area (Å²) in [6.45, 7) is 0.302. The first-order valence-corrected chi connectivity index (χ1v) is 7.05. The predicted octanol–water partition coefficient (Wildman–Crippen LogP) is 2.46. The molecule has 1 heterocycles. The number of hydrogen-bond donors (Lipinski definition) is 2. The number of carbonyl (C=O) groups excluding carboxylic acids is 1. The maximum Gasteiger partial charge on any atom is 0.223 e. The molecule has 2 aromatic rings. The highest BCUT2D eigenvalue weighted by Crippen LogP contribution is 2.31. The van der Waals surface area contributed by atoms with Crippen molar-refractivity contribution in [3.8, 4) is 0 Å². The molecule has 1 fully saturated rings. The first kappa shape index (κ1) is 11.7. The summed E-state index contributed by atoms with van der Waals surface area (Å²) in [4.78, 5) is 11.5. The summed E-state index contributed by atoms with van der Waals surface area (Å²) < 4.78 is 1.17. The number of thiophene rings is 1. The standard InChI is InChI=1S/C14H15NO2S/c16-12(7-15-14(17)9-5-6-9)11-8-18-13-4-2-1-3-10(11)13/h1-4,8-9,12,16H,5-7H2,(H,15,17)/t12-/m1/s1. The minimum absolute atomic E-state index is 0.0774. The molecule has 0 saturated heterocycles. The van der Waals surface area contributed by atoms with E-state index in [0.29, 0.717) is 6.54 Å². The van der Waals surface area contributed by atoms with Gasteiger partial charge in [-0.3, -0.25) is 4.79 Å². The highest BCUT2D eigenvalue weighted by molar-refractivity contribution is 7.17. The number of hydrogen-bond acceptors (Lipinski definition) is 3. The van der Waals surface area contributed by atoms with Gasteiger partial charge in [-0.15, -0.1) is 11.3 Å². The van der Waals surface area contributed by atoms with Gasteiger partial charge in [0.1, 0.15) is 0 Å². The minimum Gasteiger partial charge on any atom is -0.387 e. The number of benzene rings is 1. The molecular formula is C14H15NO2S. The Labute approximate surface area is 109 Å². The second-order valence-electron chi connectivity index (χ2n) is 4.72. The molecule has 3 nitrogen and oxygen atoms in total. The SMILES string of the molecule is O=C(NC[C@@H](O)c1csc2ccccc12)C1CC1. The van der Waals surface area contributed by atoms with Crippen LogP contribution in [0, 0.1) is 5.92 Å². The topological polar surface area (TPSA) is 49.3 Å². The Morgan fingerprint density at radius 2 is 2.22 bits per heavy atom. The van der Waals surface area contributed by atoms with Gasteiger partial charge >= 0.3 is 0 Å². The molecule has 1 aliphatic rings. The van der Waals surface area contributed by atoms with Gasteiger partial charge in [0.15, 0.2) is 0 Å². The number of amides is 1. The summed E-state index contributed by atoms with van der Waals surface area (Å²) in [5.41, 5.74) is 0.909. The lowest BCUT2D eigenvalue weighted by Gasteiger charge is -2.11. The van der Waals surface area contributed by atoms with Crippen LogP contribution in [0.4, 0.5) is 0 Å². The van der Waals surface area contributed by atoms with Gasteiger partial charge in [0.05, 0.1) is 6.10 Å². The number of nitrogens with one attached hydrogen (secondary N) is 1. The average Bonchev–Trinajstić information content (AvgIpc) is 3.15.